The molecule has 0 spiro atoms. The highest BCUT2D eigenvalue weighted by Crippen LogP contribution is 2.28. The molecule has 2 aliphatic rings. The van der Waals surface area contributed by atoms with Gasteiger partial charge in [0.2, 0.25) is 10.0 Å². The molecule has 1 saturated heterocycles. The number of nitrogens with zero attached hydrogens (tertiary/aromatic N) is 1. The fraction of sp³-hybridized carbons (Fsp3) is 0.579. The largest absolute Gasteiger partial charge is 0.449 e. The minimum absolute atomic E-state index is 0.0442. The minimum Gasteiger partial charge on any atom is -0.449 e. The summed E-state index contributed by atoms with van der Waals surface area (Å²) in [5.74, 6) is -1.11. The van der Waals surface area contributed by atoms with Gasteiger partial charge in [-0.1, -0.05) is 24.4 Å². The van der Waals surface area contributed by atoms with Crippen LogP contribution in [0.3, 0.4) is 0 Å². The molecule has 1 unspecified atom stereocenters. The summed E-state index contributed by atoms with van der Waals surface area (Å²) in [6.07, 6.45) is 4.65. The van der Waals surface area contributed by atoms with Crippen LogP contribution in [0.2, 0.25) is 5.02 Å². The monoisotopic (exact) mass is 428 g/mol. The Morgan fingerprint density at radius 3 is 2.46 bits per heavy atom. The third kappa shape index (κ3) is 4.67. The van der Waals surface area contributed by atoms with Crippen LogP contribution in [0.15, 0.2) is 23.1 Å². The molecule has 1 aromatic carbocycles. The van der Waals surface area contributed by atoms with Crippen molar-refractivity contribution >= 4 is 33.5 Å². The maximum atomic E-state index is 12.8. The molecular formula is C19H25ClN2O5S. The predicted molar refractivity (Wildman–Crippen MR) is 105 cm³/mol. The number of carbonyl (C=O) groups excluding carboxylic acids is 2. The lowest BCUT2D eigenvalue weighted by atomic mass is 10.2. The van der Waals surface area contributed by atoms with Gasteiger partial charge in [-0.3, -0.25) is 4.79 Å². The van der Waals surface area contributed by atoms with Gasteiger partial charge in [0.25, 0.3) is 5.91 Å². The summed E-state index contributed by atoms with van der Waals surface area (Å²) in [6, 6.07) is 4.11. The smallest absolute Gasteiger partial charge is 0.338 e. The van der Waals surface area contributed by atoms with Crippen molar-refractivity contribution in [1.29, 1.82) is 0 Å². The van der Waals surface area contributed by atoms with Gasteiger partial charge in [0.15, 0.2) is 6.10 Å². The summed E-state index contributed by atoms with van der Waals surface area (Å²) in [5, 5.41) is 2.93. The van der Waals surface area contributed by atoms with Crippen LogP contribution >= 0.6 is 11.6 Å². The van der Waals surface area contributed by atoms with Crippen molar-refractivity contribution in [3.05, 3.63) is 28.8 Å². The average molecular weight is 429 g/mol. The lowest BCUT2D eigenvalue weighted by molar-refractivity contribution is -0.129. The van der Waals surface area contributed by atoms with Gasteiger partial charge in [0.1, 0.15) is 4.90 Å². The predicted octanol–water partition coefficient (Wildman–Crippen LogP) is 2.73. The van der Waals surface area contributed by atoms with Gasteiger partial charge in [-0.25, -0.2) is 13.2 Å². The number of halogens is 1. The molecule has 1 atom stereocenters. The molecule has 0 bridgehead atoms. The number of hydrogen-bond donors (Lipinski definition) is 1. The summed E-state index contributed by atoms with van der Waals surface area (Å²) in [5.41, 5.74) is 0.0442. The number of carbonyl (C=O) groups is 2. The van der Waals surface area contributed by atoms with Crippen molar-refractivity contribution < 1.29 is 22.7 Å². The number of ether oxygens (including phenoxy) is 1. The minimum atomic E-state index is -3.77. The summed E-state index contributed by atoms with van der Waals surface area (Å²) in [4.78, 5) is 24.5. The number of sulfonamides is 1. The van der Waals surface area contributed by atoms with Gasteiger partial charge in [-0.15, -0.1) is 0 Å². The van der Waals surface area contributed by atoms with Gasteiger partial charge in [0.05, 0.1) is 10.6 Å². The molecule has 0 aromatic heterocycles. The lowest BCUT2D eigenvalue weighted by Crippen LogP contribution is -2.40. The molecule has 2 fully saturated rings. The number of esters is 1. The van der Waals surface area contributed by atoms with Crippen LogP contribution in [-0.4, -0.2) is 49.8 Å². The Kier molecular flexibility index (Phi) is 6.62. The second kappa shape index (κ2) is 8.80. The number of rotatable bonds is 6. The maximum absolute atomic E-state index is 12.8. The van der Waals surface area contributed by atoms with E-state index in [0.717, 1.165) is 38.5 Å². The Bertz CT molecular complexity index is 846. The first-order chi connectivity index (χ1) is 13.3. The fourth-order valence-corrected chi connectivity index (χ4v) is 5.58. The molecule has 154 valence electrons. The highest BCUT2D eigenvalue weighted by Gasteiger charge is 2.30. The second-order valence-electron chi connectivity index (χ2n) is 7.29. The van der Waals surface area contributed by atoms with Gasteiger partial charge in [-0.05, 0) is 50.8 Å². The Hall–Kier alpha value is -1.64. The van der Waals surface area contributed by atoms with Crippen molar-refractivity contribution in [2.75, 3.05) is 13.1 Å². The fourth-order valence-electron chi connectivity index (χ4n) is 3.57. The maximum Gasteiger partial charge on any atom is 0.338 e. The van der Waals surface area contributed by atoms with Crippen LogP contribution in [0.5, 0.6) is 0 Å². The van der Waals surface area contributed by atoms with Crippen molar-refractivity contribution in [1.82, 2.24) is 9.62 Å². The Morgan fingerprint density at radius 1 is 1.18 bits per heavy atom. The molecule has 7 nitrogen and oxygen atoms in total. The number of hydrogen-bond acceptors (Lipinski definition) is 5. The highest BCUT2D eigenvalue weighted by molar-refractivity contribution is 7.89. The molecule has 1 amide bonds. The Labute approximate surface area is 170 Å². The normalized spacial score (nSPS) is 19.5. The van der Waals surface area contributed by atoms with E-state index < -0.39 is 22.1 Å². The Balaban J connectivity index is 1.70. The summed E-state index contributed by atoms with van der Waals surface area (Å²) in [7, 11) is -3.77. The zero-order valence-corrected chi connectivity index (χ0v) is 17.4. The van der Waals surface area contributed by atoms with E-state index in [1.165, 1.54) is 29.4 Å². The topological polar surface area (TPSA) is 92.8 Å². The molecule has 1 aromatic rings. The van der Waals surface area contributed by atoms with E-state index in [-0.39, 0.29) is 27.4 Å². The third-order valence-electron chi connectivity index (χ3n) is 5.20. The molecule has 9 heteroatoms. The molecular weight excluding hydrogens is 404 g/mol. The van der Waals surface area contributed by atoms with E-state index in [0.29, 0.717) is 13.1 Å². The zero-order chi connectivity index (χ0) is 20.3. The molecule has 0 radical (unpaired) electrons. The van der Waals surface area contributed by atoms with Gasteiger partial charge in [-0.2, -0.15) is 4.31 Å². The van der Waals surface area contributed by atoms with Gasteiger partial charge < -0.3 is 10.1 Å². The zero-order valence-electron chi connectivity index (χ0n) is 15.8. The second-order valence-corrected chi connectivity index (χ2v) is 9.61. The molecule has 1 N–H and O–H groups in total. The van der Waals surface area contributed by atoms with Crippen molar-refractivity contribution in [2.24, 2.45) is 0 Å². The molecule has 28 heavy (non-hydrogen) atoms. The number of nitrogens with one attached hydrogen (secondary N) is 1. The van der Waals surface area contributed by atoms with E-state index in [1.807, 2.05) is 0 Å². The van der Waals surface area contributed by atoms with E-state index >= 15 is 0 Å². The average Bonchev–Trinajstić information content (AvgIpc) is 3.36. The van der Waals surface area contributed by atoms with Gasteiger partial charge in [0, 0.05) is 19.1 Å². The molecule has 1 saturated carbocycles. The van der Waals surface area contributed by atoms with Gasteiger partial charge >= 0.3 is 5.97 Å². The first-order valence-corrected chi connectivity index (χ1v) is 11.4. The third-order valence-corrected chi connectivity index (χ3v) is 7.58. The first-order valence-electron chi connectivity index (χ1n) is 9.60. The molecule has 1 aliphatic heterocycles. The van der Waals surface area contributed by atoms with E-state index in [2.05, 4.69) is 5.32 Å². The van der Waals surface area contributed by atoms with Crippen LogP contribution in [0.25, 0.3) is 0 Å². The summed E-state index contributed by atoms with van der Waals surface area (Å²) in [6.45, 7) is 2.37. The van der Waals surface area contributed by atoms with Crippen LogP contribution in [0.1, 0.15) is 55.8 Å². The summed E-state index contributed by atoms with van der Waals surface area (Å²) >= 11 is 6.09. The SMILES string of the molecule is CC(OC(=O)c1ccc(Cl)c(S(=O)(=O)N2CCCC2)c1)C(=O)NC1CCCC1. The van der Waals surface area contributed by atoms with Crippen LogP contribution in [0, 0.1) is 0 Å². The van der Waals surface area contributed by atoms with E-state index in [9.17, 15) is 18.0 Å². The quantitative estimate of drug-likeness (QED) is 0.703. The number of benzene rings is 1. The van der Waals surface area contributed by atoms with E-state index in [4.69, 9.17) is 16.3 Å². The van der Waals surface area contributed by atoms with Crippen molar-refractivity contribution in [2.45, 2.75) is 62.5 Å². The van der Waals surface area contributed by atoms with Crippen LogP contribution in [-0.2, 0) is 19.6 Å². The van der Waals surface area contributed by atoms with Crippen LogP contribution in [0.4, 0.5) is 0 Å². The Morgan fingerprint density at radius 2 is 1.82 bits per heavy atom. The van der Waals surface area contributed by atoms with Crippen molar-refractivity contribution in [3.8, 4) is 0 Å². The highest BCUT2D eigenvalue weighted by atomic mass is 35.5. The summed E-state index contributed by atoms with van der Waals surface area (Å²) < 4.78 is 32.2. The lowest BCUT2D eigenvalue weighted by Gasteiger charge is -2.18. The van der Waals surface area contributed by atoms with Crippen molar-refractivity contribution in [3.63, 3.8) is 0 Å². The molecule has 1 heterocycles. The van der Waals surface area contributed by atoms with Crippen LogP contribution < -0.4 is 5.32 Å². The standard InChI is InChI=1S/C19H25ClN2O5S/c1-13(18(23)21-15-6-2-3-7-15)27-19(24)14-8-9-16(20)17(12-14)28(25,26)22-10-4-5-11-22/h8-9,12-13,15H,2-7,10-11H2,1H3,(H,21,23). The molecule has 3 rings (SSSR count). The number of amides is 1. The first kappa shape index (κ1) is 21.1. The van der Waals surface area contributed by atoms with E-state index in [1.54, 1.807) is 0 Å². The molecule has 1 aliphatic carbocycles.